The van der Waals surface area contributed by atoms with Crippen molar-refractivity contribution in [3.05, 3.63) is 42.1 Å². The molecule has 7 heteroatoms. The predicted molar refractivity (Wildman–Crippen MR) is 82.1 cm³/mol. The summed E-state index contributed by atoms with van der Waals surface area (Å²) in [5.41, 5.74) is -0.940. The number of benzene rings is 1. The Kier molecular flexibility index (Phi) is 3.26. The van der Waals surface area contributed by atoms with Gasteiger partial charge in [0.25, 0.3) is 11.8 Å². The minimum atomic E-state index is -1.89. The zero-order chi connectivity index (χ0) is 16.9. The van der Waals surface area contributed by atoms with Crippen molar-refractivity contribution in [1.29, 1.82) is 0 Å². The predicted octanol–water partition coefficient (Wildman–Crippen LogP) is -0.385. The van der Waals surface area contributed by atoms with Crippen LogP contribution in [-0.4, -0.2) is 35.9 Å². The Morgan fingerprint density at radius 2 is 1.96 bits per heavy atom. The molecule has 2 heterocycles. The average molecular weight is 315 g/mol. The SMILES string of the molecule is C=C1NC(=O)[C@H]([C@@H](C)[C@]2(O)C(=O)N(C)c3ccccc32)NC1=O. The maximum absolute atomic E-state index is 12.6. The molecule has 0 unspecified atom stereocenters. The summed E-state index contributed by atoms with van der Waals surface area (Å²) < 4.78 is 0. The molecule has 1 fully saturated rings. The fraction of sp³-hybridized carbons (Fsp3) is 0.312. The number of carbonyl (C=O) groups is 3. The summed E-state index contributed by atoms with van der Waals surface area (Å²) in [5, 5.41) is 16.0. The monoisotopic (exact) mass is 315 g/mol. The van der Waals surface area contributed by atoms with E-state index in [0.717, 1.165) is 0 Å². The van der Waals surface area contributed by atoms with E-state index in [0.29, 0.717) is 11.3 Å². The number of para-hydroxylation sites is 1. The van der Waals surface area contributed by atoms with Crippen molar-refractivity contribution >= 4 is 23.4 Å². The smallest absolute Gasteiger partial charge is 0.267 e. The number of nitrogens with one attached hydrogen (secondary N) is 2. The quantitative estimate of drug-likeness (QED) is 0.648. The molecule has 0 radical (unpaired) electrons. The molecular weight excluding hydrogens is 298 g/mol. The van der Waals surface area contributed by atoms with Crippen LogP contribution in [-0.2, 0) is 20.0 Å². The van der Waals surface area contributed by atoms with Crippen LogP contribution < -0.4 is 15.5 Å². The van der Waals surface area contributed by atoms with Gasteiger partial charge in [0.05, 0.1) is 11.4 Å². The highest BCUT2D eigenvalue weighted by molar-refractivity contribution is 6.08. The first kappa shape index (κ1) is 15.2. The van der Waals surface area contributed by atoms with E-state index in [2.05, 4.69) is 17.2 Å². The molecule has 3 rings (SSSR count). The second-order valence-electron chi connectivity index (χ2n) is 5.86. The number of rotatable bonds is 2. The van der Waals surface area contributed by atoms with Gasteiger partial charge in [0.15, 0.2) is 5.60 Å². The maximum Gasteiger partial charge on any atom is 0.267 e. The van der Waals surface area contributed by atoms with Crippen molar-refractivity contribution in [2.24, 2.45) is 5.92 Å². The van der Waals surface area contributed by atoms with Gasteiger partial charge in [-0.05, 0) is 6.07 Å². The average Bonchev–Trinajstić information content (AvgIpc) is 2.73. The Hall–Kier alpha value is -2.67. The van der Waals surface area contributed by atoms with Crippen molar-refractivity contribution in [3.63, 3.8) is 0 Å². The third-order valence-corrected chi connectivity index (χ3v) is 4.58. The summed E-state index contributed by atoms with van der Waals surface area (Å²) in [5.74, 6) is -2.43. The van der Waals surface area contributed by atoms with E-state index in [1.54, 1.807) is 38.2 Å². The van der Waals surface area contributed by atoms with E-state index < -0.39 is 35.3 Å². The maximum atomic E-state index is 12.6. The van der Waals surface area contributed by atoms with Crippen LogP contribution in [0, 0.1) is 5.92 Å². The molecule has 1 saturated heterocycles. The number of amides is 3. The lowest BCUT2D eigenvalue weighted by atomic mass is 9.78. The van der Waals surface area contributed by atoms with Crippen molar-refractivity contribution in [2.45, 2.75) is 18.6 Å². The van der Waals surface area contributed by atoms with Crippen LogP contribution in [0.5, 0.6) is 0 Å². The second-order valence-corrected chi connectivity index (χ2v) is 5.86. The molecule has 7 nitrogen and oxygen atoms in total. The van der Waals surface area contributed by atoms with Gasteiger partial charge >= 0.3 is 0 Å². The highest BCUT2D eigenvalue weighted by Crippen LogP contribution is 2.45. The molecule has 3 atom stereocenters. The molecule has 2 aliphatic heterocycles. The molecule has 1 aromatic carbocycles. The standard InChI is InChI=1S/C16H17N3O4/c1-8(12-14(21)17-9(2)13(20)18-12)16(23)10-6-4-5-7-11(10)19(3)15(16)22/h4-8,12,23H,2H2,1,3H3,(H,17,21)(H,18,20)/t8-,12+,16-/m1/s1. The zero-order valence-electron chi connectivity index (χ0n) is 12.8. The number of hydrogen-bond acceptors (Lipinski definition) is 4. The number of hydrogen-bond donors (Lipinski definition) is 3. The summed E-state index contributed by atoms with van der Waals surface area (Å²) in [6.45, 7) is 5.00. The topological polar surface area (TPSA) is 98.7 Å². The van der Waals surface area contributed by atoms with Gasteiger partial charge in [-0.1, -0.05) is 31.7 Å². The largest absolute Gasteiger partial charge is 0.375 e. The van der Waals surface area contributed by atoms with Gasteiger partial charge in [0, 0.05) is 18.5 Å². The van der Waals surface area contributed by atoms with E-state index in [1.807, 2.05) is 0 Å². The number of nitrogens with zero attached hydrogens (tertiary/aromatic N) is 1. The van der Waals surface area contributed by atoms with E-state index in [-0.39, 0.29) is 5.70 Å². The molecule has 120 valence electrons. The third kappa shape index (κ3) is 1.97. The summed E-state index contributed by atoms with van der Waals surface area (Å²) in [6, 6.07) is 5.80. The number of aliphatic hydroxyl groups is 1. The summed E-state index contributed by atoms with van der Waals surface area (Å²) in [6.07, 6.45) is 0. The molecule has 0 aromatic heterocycles. The van der Waals surface area contributed by atoms with Gasteiger partial charge in [-0.2, -0.15) is 0 Å². The summed E-state index contributed by atoms with van der Waals surface area (Å²) in [4.78, 5) is 37.9. The Bertz CT molecular complexity index is 745. The van der Waals surface area contributed by atoms with E-state index >= 15 is 0 Å². The zero-order valence-corrected chi connectivity index (χ0v) is 12.8. The first-order chi connectivity index (χ1) is 10.8. The van der Waals surface area contributed by atoms with Gasteiger partial charge in [0.1, 0.15) is 6.04 Å². The molecular formula is C16H17N3O4. The fourth-order valence-corrected chi connectivity index (χ4v) is 3.18. The number of anilines is 1. The van der Waals surface area contributed by atoms with Gasteiger partial charge in [-0.25, -0.2) is 0 Å². The molecule has 23 heavy (non-hydrogen) atoms. The van der Waals surface area contributed by atoms with E-state index in [4.69, 9.17) is 0 Å². The number of likely N-dealkylation sites (N-methyl/N-ethyl adjacent to an activating group) is 1. The number of fused-ring (bicyclic) bond motifs is 1. The molecule has 0 saturated carbocycles. The summed E-state index contributed by atoms with van der Waals surface area (Å²) >= 11 is 0. The van der Waals surface area contributed by atoms with Crippen molar-refractivity contribution in [1.82, 2.24) is 10.6 Å². The normalized spacial score (nSPS) is 28.3. The molecule has 1 aromatic rings. The van der Waals surface area contributed by atoms with Crippen LogP contribution >= 0.6 is 0 Å². The van der Waals surface area contributed by atoms with Gasteiger partial charge in [0.2, 0.25) is 5.91 Å². The Labute approximate surface area is 133 Å². The molecule has 3 amide bonds. The molecule has 0 spiro atoms. The van der Waals surface area contributed by atoms with Crippen LogP contribution in [0.25, 0.3) is 0 Å². The molecule has 0 bridgehead atoms. The van der Waals surface area contributed by atoms with Crippen LogP contribution in [0.2, 0.25) is 0 Å². The summed E-state index contributed by atoms with van der Waals surface area (Å²) in [7, 11) is 1.56. The highest BCUT2D eigenvalue weighted by atomic mass is 16.3. The lowest BCUT2D eigenvalue weighted by Crippen LogP contribution is -2.62. The van der Waals surface area contributed by atoms with Crippen molar-refractivity contribution in [2.75, 3.05) is 11.9 Å². The fourth-order valence-electron chi connectivity index (χ4n) is 3.18. The van der Waals surface area contributed by atoms with Gasteiger partial charge in [-0.15, -0.1) is 0 Å². The van der Waals surface area contributed by atoms with E-state index in [1.165, 1.54) is 4.90 Å². The molecule has 3 N–H and O–H groups in total. The molecule has 2 aliphatic rings. The Balaban J connectivity index is 2.03. The van der Waals surface area contributed by atoms with Crippen LogP contribution in [0.4, 0.5) is 5.69 Å². The van der Waals surface area contributed by atoms with E-state index in [9.17, 15) is 19.5 Å². The second kappa shape index (κ2) is 4.92. The van der Waals surface area contributed by atoms with Crippen molar-refractivity contribution < 1.29 is 19.5 Å². The minimum Gasteiger partial charge on any atom is -0.375 e. The number of piperazine rings is 1. The van der Waals surface area contributed by atoms with Crippen LogP contribution in [0.15, 0.2) is 36.5 Å². The van der Waals surface area contributed by atoms with Gasteiger partial charge < -0.3 is 20.6 Å². The van der Waals surface area contributed by atoms with Crippen LogP contribution in [0.1, 0.15) is 12.5 Å². The Morgan fingerprint density at radius 1 is 1.30 bits per heavy atom. The first-order valence-electron chi connectivity index (χ1n) is 7.19. The van der Waals surface area contributed by atoms with Gasteiger partial charge in [-0.3, -0.25) is 14.4 Å². The number of carbonyl (C=O) groups excluding carboxylic acids is 3. The first-order valence-corrected chi connectivity index (χ1v) is 7.19. The highest BCUT2D eigenvalue weighted by Gasteiger charge is 2.56. The Morgan fingerprint density at radius 3 is 2.65 bits per heavy atom. The van der Waals surface area contributed by atoms with Crippen LogP contribution in [0.3, 0.4) is 0 Å². The lowest BCUT2D eigenvalue weighted by molar-refractivity contribution is -0.147. The lowest BCUT2D eigenvalue weighted by Gasteiger charge is -2.36. The minimum absolute atomic E-state index is 0.0549. The molecule has 0 aliphatic carbocycles. The van der Waals surface area contributed by atoms with Crippen molar-refractivity contribution in [3.8, 4) is 0 Å². The third-order valence-electron chi connectivity index (χ3n) is 4.58.